The van der Waals surface area contributed by atoms with Crippen LogP contribution < -0.4 is 73.6 Å². The van der Waals surface area contributed by atoms with Gasteiger partial charge in [0.25, 0.3) is 27.8 Å². The van der Waals surface area contributed by atoms with Crippen LogP contribution in [0, 0.1) is 41.5 Å². The van der Waals surface area contributed by atoms with E-state index in [-0.39, 0.29) is 27.8 Å². The van der Waals surface area contributed by atoms with Crippen molar-refractivity contribution in [3.05, 3.63) is 318 Å². The van der Waals surface area contributed by atoms with Crippen LogP contribution in [-0.4, -0.2) is 240 Å². The van der Waals surface area contributed by atoms with E-state index in [4.69, 9.17) is 19.9 Å². The van der Waals surface area contributed by atoms with Crippen molar-refractivity contribution >= 4 is 84.9 Å². The van der Waals surface area contributed by atoms with Crippen molar-refractivity contribution in [3.8, 4) is 56.4 Å². The number of pyridine rings is 9. The lowest BCUT2D eigenvalue weighted by Crippen LogP contribution is -2.54. The predicted molar refractivity (Wildman–Crippen MR) is 553 cm³/mol. The number of aromatic nitrogens is 21. The molecule has 5 aliphatic heterocycles. The quantitative estimate of drug-likeness (QED) is 0.0988. The second kappa shape index (κ2) is 38.7. The molecule has 5 aliphatic rings. The number of imidazole rings is 5. The van der Waals surface area contributed by atoms with E-state index in [1.807, 2.05) is 247 Å². The van der Waals surface area contributed by atoms with Crippen molar-refractivity contribution in [2.75, 3.05) is 143 Å². The highest BCUT2D eigenvalue weighted by Gasteiger charge is 2.26. The summed E-state index contributed by atoms with van der Waals surface area (Å²) in [6, 6.07) is 44.7. The molecule has 25 rings (SSSR count). The summed E-state index contributed by atoms with van der Waals surface area (Å²) in [5.74, 6) is 0. The first-order valence-electron chi connectivity index (χ1n) is 48.0. The van der Waals surface area contributed by atoms with Crippen LogP contribution in [0.15, 0.2) is 256 Å². The van der Waals surface area contributed by atoms with Crippen LogP contribution in [0.4, 0.5) is 28.4 Å². The molecule has 5 fully saturated rings. The van der Waals surface area contributed by atoms with Gasteiger partial charge in [0.05, 0.1) is 91.1 Å². The molecule has 716 valence electrons. The van der Waals surface area contributed by atoms with Gasteiger partial charge >= 0.3 is 0 Å². The Kier molecular flexibility index (Phi) is 25.1. The molecule has 0 spiro atoms. The monoisotopic (exact) mass is 1890 g/mol. The molecule has 20 aromatic rings. The second-order valence-corrected chi connectivity index (χ2v) is 37.4. The van der Waals surface area contributed by atoms with Crippen LogP contribution in [0.25, 0.3) is 113 Å². The number of nitrogens with zero attached hydrogens (tertiary/aromatic N) is 27. The van der Waals surface area contributed by atoms with Crippen molar-refractivity contribution in [3.63, 3.8) is 0 Å². The lowest BCUT2D eigenvalue weighted by atomic mass is 10.1. The zero-order chi connectivity index (χ0) is 97.0. The minimum atomic E-state index is -0.111. The summed E-state index contributed by atoms with van der Waals surface area (Å²) in [6.45, 7) is 34.6. The number of aryl methyl sites for hydroxylation is 6. The van der Waals surface area contributed by atoms with Crippen LogP contribution in [-0.2, 0) is 0 Å². The van der Waals surface area contributed by atoms with E-state index in [2.05, 4.69) is 132 Å². The van der Waals surface area contributed by atoms with Crippen molar-refractivity contribution in [2.45, 2.75) is 86.9 Å². The van der Waals surface area contributed by atoms with Crippen LogP contribution in [0.1, 0.15) is 61.4 Å². The number of hydrogen-bond acceptors (Lipinski definition) is 26. The molecule has 0 amide bonds. The summed E-state index contributed by atoms with van der Waals surface area (Å²) in [5, 5.41) is 13.7. The molecule has 0 radical (unpaired) electrons. The topological polar surface area (TPSA) is 339 Å². The Morgan fingerprint density at radius 2 is 0.574 bits per heavy atom. The Hall–Kier alpha value is -16.0. The molecular formula is C105H111N31O5. The Morgan fingerprint density at radius 3 is 0.965 bits per heavy atom. The summed E-state index contributed by atoms with van der Waals surface area (Å²) >= 11 is 0. The molecule has 36 heteroatoms. The second-order valence-electron chi connectivity index (χ2n) is 37.4. The summed E-state index contributed by atoms with van der Waals surface area (Å²) in [7, 11) is 2.14. The van der Waals surface area contributed by atoms with Crippen LogP contribution in [0.3, 0.4) is 0 Å². The van der Waals surface area contributed by atoms with Crippen molar-refractivity contribution in [2.24, 2.45) is 0 Å². The van der Waals surface area contributed by atoms with E-state index in [1.54, 1.807) is 52.3 Å². The zero-order valence-corrected chi connectivity index (χ0v) is 80.5. The van der Waals surface area contributed by atoms with E-state index < -0.39 is 0 Å². The molecule has 5 saturated heterocycles. The number of nitrogens with one attached hydrogen (secondary N) is 4. The fourth-order valence-electron chi connectivity index (χ4n) is 19.4. The summed E-state index contributed by atoms with van der Waals surface area (Å²) in [4.78, 5) is 128. The van der Waals surface area contributed by atoms with Crippen LogP contribution in [0.2, 0.25) is 0 Å². The highest BCUT2D eigenvalue weighted by molar-refractivity contribution is 5.71. The lowest BCUT2D eigenvalue weighted by Gasteiger charge is -2.37. The van der Waals surface area contributed by atoms with Crippen molar-refractivity contribution in [1.82, 2.24) is 125 Å². The van der Waals surface area contributed by atoms with Gasteiger partial charge < -0.3 is 72.7 Å². The molecule has 4 N–H and O–H groups in total. The van der Waals surface area contributed by atoms with Gasteiger partial charge in [0, 0.05) is 268 Å². The summed E-state index contributed by atoms with van der Waals surface area (Å²) in [5.41, 5.74) is 25.5. The number of hydrogen-bond donors (Lipinski definition) is 4. The largest absolute Gasteiger partial charge is 0.369 e. The van der Waals surface area contributed by atoms with Crippen LogP contribution in [0.5, 0.6) is 0 Å². The van der Waals surface area contributed by atoms with Gasteiger partial charge in [-0.1, -0.05) is 0 Å². The Bertz CT molecular complexity index is 8310. The third-order valence-electron chi connectivity index (χ3n) is 26.4. The average molecular weight is 1890 g/mol. The molecule has 141 heavy (non-hydrogen) atoms. The Balaban J connectivity index is 0.000000104. The normalized spacial score (nSPS) is 16.6. The van der Waals surface area contributed by atoms with Crippen molar-refractivity contribution < 1.29 is 0 Å². The SMILES string of the molecule is Cc1cn2cc(-c3cc(=O)n4cc(N5CCCNCC5)ccc4n3)ccc2n1.Cc1cn2cc(-c3cc(=O)n4cc(N5CCN(C)CC5)ccc4n3)ccc2n1.Cc1cn2cc(-c3cc(=O)n4cc(N5CCNCC5)ccc4n3)nc2c(C)n1.Cc1cn2cc(-c3cc(=O)n4cc(N5CCN[C@@H](C)C5)ccc4n3)ccc2n1.Cc1cn2cc(-c3cc(=O)n4cc(N5C[C@@H](C)N[C@@H](C)C5)ccc4n3)ccc2n1. The van der Waals surface area contributed by atoms with Gasteiger partial charge in [0.1, 0.15) is 56.5 Å². The number of likely N-dealkylation sites (N-methyl/N-ethyl adjacent to an activating group) is 1. The molecule has 0 unspecified atom stereocenters. The third kappa shape index (κ3) is 19.7. The molecule has 25 heterocycles. The van der Waals surface area contributed by atoms with E-state index in [0.717, 1.165) is 231 Å². The minimum Gasteiger partial charge on any atom is -0.369 e. The molecule has 0 saturated carbocycles. The summed E-state index contributed by atoms with van der Waals surface area (Å²) < 4.78 is 17.9. The molecule has 20 aromatic heterocycles. The van der Waals surface area contributed by atoms with Gasteiger partial charge in [-0.05, 0) is 192 Å². The third-order valence-corrected chi connectivity index (χ3v) is 26.4. The first kappa shape index (κ1) is 91.4. The maximum atomic E-state index is 12.9. The molecule has 0 aliphatic carbocycles. The fraction of sp³-hybridized carbons (Fsp3) is 0.295. The van der Waals surface area contributed by atoms with Gasteiger partial charge in [0.2, 0.25) is 0 Å². The minimum absolute atomic E-state index is 0.0714. The van der Waals surface area contributed by atoms with Gasteiger partial charge in [-0.2, -0.15) is 0 Å². The van der Waals surface area contributed by atoms with E-state index in [1.165, 1.54) is 0 Å². The number of piperazine rings is 4. The first-order chi connectivity index (χ1) is 68.3. The Labute approximate surface area is 809 Å². The number of rotatable bonds is 10. The highest BCUT2D eigenvalue weighted by atomic mass is 16.1. The number of anilines is 5. The number of fused-ring (bicyclic) bond motifs is 10. The molecule has 36 nitrogen and oxygen atoms in total. The van der Waals surface area contributed by atoms with Crippen molar-refractivity contribution in [1.29, 1.82) is 0 Å². The zero-order valence-electron chi connectivity index (χ0n) is 80.5. The molecule has 0 aromatic carbocycles. The van der Waals surface area contributed by atoms with Crippen LogP contribution >= 0.6 is 0 Å². The molecule has 0 bridgehead atoms. The van der Waals surface area contributed by atoms with Gasteiger partial charge in [-0.3, -0.25) is 51.0 Å². The molecule has 3 atom stereocenters. The maximum Gasteiger partial charge on any atom is 0.258 e. The van der Waals surface area contributed by atoms with Gasteiger partial charge in [-0.25, -0.2) is 49.8 Å². The lowest BCUT2D eigenvalue weighted by molar-refractivity contribution is 0.313. The fourth-order valence-corrected chi connectivity index (χ4v) is 19.4. The average Bonchev–Trinajstić information content (AvgIpc) is 1.78. The van der Waals surface area contributed by atoms with Gasteiger partial charge in [0.15, 0.2) is 5.65 Å². The van der Waals surface area contributed by atoms with E-state index in [0.29, 0.717) is 80.5 Å². The predicted octanol–water partition coefficient (Wildman–Crippen LogP) is 10.2. The summed E-state index contributed by atoms with van der Waals surface area (Å²) in [6.07, 6.45) is 30.1. The first-order valence-corrected chi connectivity index (χ1v) is 48.0. The van der Waals surface area contributed by atoms with Gasteiger partial charge in [-0.15, -0.1) is 0 Å². The highest BCUT2D eigenvalue weighted by Crippen LogP contribution is 2.30. The smallest absolute Gasteiger partial charge is 0.258 e. The maximum absolute atomic E-state index is 12.9. The van der Waals surface area contributed by atoms with E-state index >= 15 is 0 Å². The van der Waals surface area contributed by atoms with E-state index in [9.17, 15) is 24.0 Å². The Morgan fingerprint density at radius 1 is 0.262 bits per heavy atom. The standard InChI is InChI=1S/C22H24N6O.3C21H22N6O.C20H21N7O/c1-14-9-26(10-15(2)23-14)18-5-7-21-25-19(8-22(29)28(21)13-18)17-4-6-20-24-16(3)11-27(20)12-17;1-15-12-26-13-16(3-5-19(26)22-15)18-11-21(28)27-14-17(4-6-20(27)23-18)25-9-7-24(2)8-10-25;1-14-10-25(8-7-22-14)17-4-6-20-24-18(9-21(28)27(20)13-17)16-3-5-19-23-15(2)11-26(19)12-16;1-15-12-26-13-16(3-5-19(26)23-15)18-11-21(28)27-14-17(4-6-20(27)24-18)25-9-2-7-22-8-10-25;1-13-10-26-12-17(24-20(26)14(2)22-13)16-9-19(28)27-11-15(3-4-18(27)23-16)25-7-5-21-6-8-25/h4-8,11-15,23H,9-10H2,1-3H3;3-6,11-14H,7-10H2,1-2H3;3-6,9,11-14,22H,7-8,10H2,1-2H3;3-6,11-14,22H,2,7-10H2,1H3;3-4,9-12,21H,5-8H2,1-2H3/t14-,15+;;14-;;/m..0../s1. The molecular weight excluding hydrogens is 1780 g/mol.